The Morgan fingerprint density at radius 3 is 2.71 bits per heavy atom. The molecule has 0 amide bonds. The normalized spacial score (nSPS) is 22.0. The summed E-state index contributed by atoms with van der Waals surface area (Å²) < 4.78 is 43.5. The van der Waals surface area contributed by atoms with Crippen LogP contribution < -0.4 is 10.1 Å². The van der Waals surface area contributed by atoms with E-state index in [1.165, 1.54) is 11.9 Å². The summed E-state index contributed by atoms with van der Waals surface area (Å²) in [6.45, 7) is 2.11. The molecule has 0 aromatic heterocycles. The van der Waals surface area contributed by atoms with Gasteiger partial charge >= 0.3 is 6.18 Å². The number of hydrogen-bond donors (Lipinski definition) is 1. The first-order valence-electron chi connectivity index (χ1n) is 7.14. The monoisotopic (exact) mass is 302 g/mol. The lowest BCUT2D eigenvalue weighted by molar-refractivity contribution is -0.150. The van der Waals surface area contributed by atoms with Gasteiger partial charge in [0.25, 0.3) is 0 Å². The summed E-state index contributed by atoms with van der Waals surface area (Å²) in [6.07, 6.45) is -3.28. The number of ether oxygens (including phenoxy) is 1. The van der Waals surface area contributed by atoms with Crippen molar-refractivity contribution in [3.05, 3.63) is 29.8 Å². The summed E-state index contributed by atoms with van der Waals surface area (Å²) in [5, 5.41) is 3.36. The molecule has 1 N–H and O–H groups in total. The highest BCUT2D eigenvalue weighted by molar-refractivity contribution is 5.38. The Bertz CT molecular complexity index is 464. The van der Waals surface area contributed by atoms with Gasteiger partial charge in [-0.2, -0.15) is 13.2 Å². The molecule has 1 aliphatic rings. The van der Waals surface area contributed by atoms with Crippen LogP contribution in [-0.2, 0) is 0 Å². The van der Waals surface area contributed by atoms with Gasteiger partial charge in [-0.1, -0.05) is 25.1 Å². The molecule has 1 aromatic rings. The lowest BCUT2D eigenvalue weighted by Gasteiger charge is -2.39. The van der Waals surface area contributed by atoms with E-state index in [1.807, 2.05) is 31.2 Å². The van der Waals surface area contributed by atoms with E-state index in [2.05, 4.69) is 5.32 Å². The van der Waals surface area contributed by atoms with Gasteiger partial charge in [0.05, 0.1) is 18.6 Å². The van der Waals surface area contributed by atoms with Gasteiger partial charge in [-0.3, -0.25) is 4.90 Å². The number of benzene rings is 1. The number of nitrogens with one attached hydrogen (secondary N) is 1. The highest BCUT2D eigenvalue weighted by Gasteiger charge is 2.38. The Morgan fingerprint density at radius 2 is 2.05 bits per heavy atom. The Kier molecular flexibility index (Phi) is 5.11. The molecule has 21 heavy (non-hydrogen) atoms. The summed E-state index contributed by atoms with van der Waals surface area (Å²) in [4.78, 5) is 1.32. The zero-order chi connectivity index (χ0) is 15.5. The second-order valence-electron chi connectivity index (χ2n) is 5.38. The average Bonchev–Trinajstić information content (AvgIpc) is 2.42. The molecule has 3 nitrogen and oxygen atoms in total. The quantitative estimate of drug-likeness (QED) is 0.905. The maximum Gasteiger partial charge on any atom is 0.401 e. The summed E-state index contributed by atoms with van der Waals surface area (Å²) in [7, 11) is 1.50. The zero-order valence-corrected chi connectivity index (χ0v) is 12.3. The minimum Gasteiger partial charge on any atom is -0.492 e. The Balaban J connectivity index is 2.20. The highest BCUT2D eigenvalue weighted by atomic mass is 19.4. The lowest BCUT2D eigenvalue weighted by atomic mass is 9.95. The molecule has 0 radical (unpaired) electrons. The van der Waals surface area contributed by atoms with Crippen molar-refractivity contribution in [3.63, 3.8) is 0 Å². The minimum absolute atomic E-state index is 0.151. The first kappa shape index (κ1) is 16.1. The molecule has 2 atom stereocenters. The summed E-state index contributed by atoms with van der Waals surface area (Å²) in [5.74, 6) is 0.753. The second-order valence-corrected chi connectivity index (χ2v) is 5.38. The molecule has 2 rings (SSSR count). The van der Waals surface area contributed by atoms with Gasteiger partial charge in [0.2, 0.25) is 0 Å². The average molecular weight is 302 g/mol. The standard InChI is InChI=1S/C15H21F3N2O/c1-3-8-19-14-11-6-4-5-7-13(11)21-9-12(14)20(2)10-15(16,17)18/h4-7,12,14,19H,3,8-10H2,1-2H3. The van der Waals surface area contributed by atoms with Gasteiger partial charge in [-0.05, 0) is 26.1 Å². The van der Waals surface area contributed by atoms with Crippen molar-refractivity contribution in [3.8, 4) is 5.75 Å². The molecule has 1 heterocycles. The SMILES string of the molecule is CCCNC1c2ccccc2OCC1N(C)CC(F)(F)F. The van der Waals surface area contributed by atoms with E-state index >= 15 is 0 Å². The van der Waals surface area contributed by atoms with Crippen molar-refractivity contribution in [2.75, 3.05) is 26.7 Å². The first-order chi connectivity index (χ1) is 9.92. The number of nitrogens with zero attached hydrogens (tertiary/aromatic N) is 1. The predicted octanol–water partition coefficient (Wildman–Crippen LogP) is 2.98. The third-order valence-electron chi connectivity index (χ3n) is 3.66. The van der Waals surface area contributed by atoms with Crippen molar-refractivity contribution in [1.82, 2.24) is 10.2 Å². The van der Waals surface area contributed by atoms with E-state index < -0.39 is 12.7 Å². The number of halogens is 3. The van der Waals surface area contributed by atoms with Crippen LogP contribution in [0.1, 0.15) is 24.9 Å². The summed E-state index contributed by atoms with van der Waals surface area (Å²) in [5.41, 5.74) is 0.927. The Hall–Kier alpha value is -1.27. The molecule has 0 saturated carbocycles. The number of fused-ring (bicyclic) bond motifs is 1. The third kappa shape index (κ3) is 4.11. The Labute approximate surface area is 123 Å². The molecule has 6 heteroatoms. The van der Waals surface area contributed by atoms with Gasteiger partial charge in [-0.25, -0.2) is 0 Å². The molecule has 118 valence electrons. The van der Waals surface area contributed by atoms with Gasteiger partial charge in [0.1, 0.15) is 12.4 Å². The fraction of sp³-hybridized carbons (Fsp3) is 0.600. The minimum atomic E-state index is -4.21. The fourth-order valence-electron chi connectivity index (χ4n) is 2.68. The molecule has 1 aromatic carbocycles. The van der Waals surface area contributed by atoms with Crippen molar-refractivity contribution in [1.29, 1.82) is 0 Å². The van der Waals surface area contributed by atoms with E-state index in [-0.39, 0.29) is 18.7 Å². The van der Waals surface area contributed by atoms with Crippen LogP contribution in [0.5, 0.6) is 5.75 Å². The van der Waals surface area contributed by atoms with Crippen LogP contribution in [-0.4, -0.2) is 43.9 Å². The molecular formula is C15H21F3N2O. The number of hydrogen-bond acceptors (Lipinski definition) is 3. The summed E-state index contributed by atoms with van der Waals surface area (Å²) >= 11 is 0. The molecule has 0 spiro atoms. The van der Waals surface area contributed by atoms with Crippen LogP contribution in [0.25, 0.3) is 0 Å². The predicted molar refractivity (Wildman–Crippen MR) is 75.4 cm³/mol. The van der Waals surface area contributed by atoms with Crippen LogP contribution in [0.15, 0.2) is 24.3 Å². The highest BCUT2D eigenvalue weighted by Crippen LogP contribution is 2.34. The smallest absolute Gasteiger partial charge is 0.401 e. The largest absolute Gasteiger partial charge is 0.492 e. The fourth-order valence-corrected chi connectivity index (χ4v) is 2.68. The van der Waals surface area contributed by atoms with Gasteiger partial charge in [0, 0.05) is 5.56 Å². The lowest BCUT2D eigenvalue weighted by Crippen LogP contribution is -2.51. The number of alkyl halides is 3. The second kappa shape index (κ2) is 6.66. The van der Waals surface area contributed by atoms with Crippen LogP contribution >= 0.6 is 0 Å². The van der Waals surface area contributed by atoms with Crippen LogP contribution in [0.4, 0.5) is 13.2 Å². The third-order valence-corrected chi connectivity index (χ3v) is 3.66. The zero-order valence-electron chi connectivity index (χ0n) is 12.3. The van der Waals surface area contributed by atoms with E-state index in [4.69, 9.17) is 4.74 Å². The van der Waals surface area contributed by atoms with Crippen LogP contribution in [0.3, 0.4) is 0 Å². The van der Waals surface area contributed by atoms with E-state index in [0.717, 1.165) is 24.3 Å². The first-order valence-corrected chi connectivity index (χ1v) is 7.14. The molecule has 0 aliphatic carbocycles. The molecule has 0 bridgehead atoms. The van der Waals surface area contributed by atoms with Crippen molar-refractivity contribution < 1.29 is 17.9 Å². The number of likely N-dealkylation sites (N-methyl/N-ethyl adjacent to an activating group) is 1. The molecule has 0 saturated heterocycles. The van der Waals surface area contributed by atoms with Gasteiger partial charge in [0.15, 0.2) is 0 Å². The van der Waals surface area contributed by atoms with Crippen molar-refractivity contribution in [2.45, 2.75) is 31.6 Å². The van der Waals surface area contributed by atoms with Crippen molar-refractivity contribution >= 4 is 0 Å². The van der Waals surface area contributed by atoms with Crippen LogP contribution in [0, 0.1) is 0 Å². The number of rotatable bonds is 5. The topological polar surface area (TPSA) is 24.5 Å². The molecule has 1 aliphatic heterocycles. The maximum absolute atomic E-state index is 12.6. The molecular weight excluding hydrogens is 281 g/mol. The van der Waals surface area contributed by atoms with Crippen molar-refractivity contribution in [2.24, 2.45) is 0 Å². The van der Waals surface area contributed by atoms with Gasteiger partial charge in [-0.15, -0.1) is 0 Å². The van der Waals surface area contributed by atoms with E-state index in [1.54, 1.807) is 0 Å². The van der Waals surface area contributed by atoms with Gasteiger partial charge < -0.3 is 10.1 Å². The maximum atomic E-state index is 12.6. The van der Waals surface area contributed by atoms with E-state index in [0.29, 0.717) is 0 Å². The molecule has 2 unspecified atom stereocenters. The van der Waals surface area contributed by atoms with Crippen LogP contribution in [0.2, 0.25) is 0 Å². The molecule has 0 fully saturated rings. The summed E-state index contributed by atoms with van der Waals surface area (Å²) in [6, 6.07) is 7.03. The van der Waals surface area contributed by atoms with E-state index in [9.17, 15) is 13.2 Å². The Morgan fingerprint density at radius 1 is 1.33 bits per heavy atom. The number of para-hydroxylation sites is 1.